The van der Waals surface area contributed by atoms with Crippen molar-refractivity contribution < 1.29 is 5.48 Å². The Morgan fingerprint density at radius 3 is 1.26 bits per heavy atom. The number of aromatic nitrogens is 2. The highest BCUT2D eigenvalue weighted by atomic mass is 16.0. The van der Waals surface area contributed by atoms with Gasteiger partial charge in [-0.3, -0.25) is 9.97 Å². The van der Waals surface area contributed by atoms with Gasteiger partial charge in [-0.25, -0.2) is 0 Å². The summed E-state index contributed by atoms with van der Waals surface area (Å²) in [5.74, 6) is 0. The number of likely N-dealkylation sites (N-methyl/N-ethyl adjacent to an activating group) is 2. The molecule has 0 fully saturated rings. The first-order valence-corrected chi connectivity index (χ1v) is 7.71. The molecule has 0 bridgehead atoms. The molecule has 0 spiro atoms. The lowest BCUT2D eigenvalue weighted by Gasteiger charge is -2.13. The molecule has 0 aliphatic carbocycles. The lowest BCUT2D eigenvalue weighted by Crippen LogP contribution is -2.25. The van der Waals surface area contributed by atoms with E-state index >= 15 is 0 Å². The van der Waals surface area contributed by atoms with E-state index in [-0.39, 0.29) is 5.48 Å². The van der Waals surface area contributed by atoms with Crippen molar-refractivity contribution in [2.75, 3.05) is 41.3 Å². The standard InChI is InChI=1S/C10H8N2.C6H16N2.C2H6.H2O/c1-3-7-11-9(5-1)10-6-2-4-8-12-10;1-7(2)5-6-8(3)4;1-2;/h1-8H;5-6H2,1-4H3;1-2H3;1H2. The van der Waals surface area contributed by atoms with Crippen LogP contribution in [0.3, 0.4) is 0 Å². The minimum atomic E-state index is 0. The molecule has 0 radical (unpaired) electrons. The van der Waals surface area contributed by atoms with Crippen molar-refractivity contribution in [3.63, 3.8) is 0 Å². The molecule has 0 aromatic carbocycles. The van der Waals surface area contributed by atoms with Crippen LogP contribution in [0.1, 0.15) is 13.8 Å². The van der Waals surface area contributed by atoms with E-state index < -0.39 is 0 Å². The van der Waals surface area contributed by atoms with Gasteiger partial charge in [-0.05, 0) is 52.5 Å². The zero-order valence-corrected chi connectivity index (χ0v) is 15.3. The van der Waals surface area contributed by atoms with Gasteiger partial charge in [0.1, 0.15) is 0 Å². The Morgan fingerprint density at radius 2 is 1.04 bits per heavy atom. The Morgan fingerprint density at radius 1 is 0.696 bits per heavy atom. The smallest absolute Gasteiger partial charge is 0.0886 e. The molecule has 2 rings (SSSR count). The van der Waals surface area contributed by atoms with E-state index in [4.69, 9.17) is 0 Å². The second-order valence-corrected chi connectivity index (χ2v) is 5.04. The molecular weight excluding hydrogens is 288 g/mol. The number of rotatable bonds is 4. The average molecular weight is 320 g/mol. The summed E-state index contributed by atoms with van der Waals surface area (Å²) in [6.07, 6.45) is 3.54. The maximum atomic E-state index is 4.19. The Kier molecular flexibility index (Phi) is 15.4. The summed E-state index contributed by atoms with van der Waals surface area (Å²) in [7, 11) is 8.35. The molecule has 0 amide bonds. The quantitative estimate of drug-likeness (QED) is 0.868. The highest BCUT2D eigenvalue weighted by Gasteiger charge is 1.95. The van der Waals surface area contributed by atoms with Crippen LogP contribution >= 0.6 is 0 Å². The number of pyridine rings is 2. The molecule has 5 nitrogen and oxygen atoms in total. The Balaban J connectivity index is 0. The van der Waals surface area contributed by atoms with E-state index in [0.29, 0.717) is 0 Å². The lowest BCUT2D eigenvalue weighted by atomic mass is 10.2. The summed E-state index contributed by atoms with van der Waals surface area (Å²) in [6, 6.07) is 11.6. The third-order valence-corrected chi connectivity index (χ3v) is 2.59. The summed E-state index contributed by atoms with van der Waals surface area (Å²) in [5, 5.41) is 0. The Labute approximate surface area is 141 Å². The highest BCUT2D eigenvalue weighted by Crippen LogP contribution is 2.10. The van der Waals surface area contributed by atoms with Gasteiger partial charge in [0.15, 0.2) is 0 Å². The molecule has 5 heteroatoms. The van der Waals surface area contributed by atoms with Gasteiger partial charge >= 0.3 is 0 Å². The maximum absolute atomic E-state index is 4.19. The summed E-state index contributed by atoms with van der Waals surface area (Å²) in [6.45, 7) is 6.29. The van der Waals surface area contributed by atoms with E-state index in [1.165, 1.54) is 0 Å². The van der Waals surface area contributed by atoms with E-state index in [2.05, 4.69) is 48.0 Å². The van der Waals surface area contributed by atoms with Gasteiger partial charge in [-0.2, -0.15) is 0 Å². The third-order valence-electron chi connectivity index (χ3n) is 2.59. The zero-order chi connectivity index (χ0) is 16.8. The van der Waals surface area contributed by atoms with Crippen LogP contribution in [0.4, 0.5) is 0 Å². The zero-order valence-electron chi connectivity index (χ0n) is 15.3. The average Bonchev–Trinajstić information content (AvgIpc) is 2.57. The van der Waals surface area contributed by atoms with Gasteiger partial charge in [0, 0.05) is 25.5 Å². The SMILES string of the molecule is CC.CN(C)CCN(C)C.O.c1ccc(-c2ccccn2)nc1. The Hall–Kier alpha value is -1.82. The van der Waals surface area contributed by atoms with Crippen molar-refractivity contribution >= 4 is 0 Å². The van der Waals surface area contributed by atoms with Crippen molar-refractivity contribution in [3.05, 3.63) is 48.8 Å². The largest absolute Gasteiger partial charge is 0.412 e. The van der Waals surface area contributed by atoms with Crippen molar-refractivity contribution in [3.8, 4) is 11.4 Å². The number of hydrogen-bond donors (Lipinski definition) is 0. The molecule has 0 saturated heterocycles. The summed E-state index contributed by atoms with van der Waals surface area (Å²) in [5.41, 5.74) is 1.83. The van der Waals surface area contributed by atoms with Gasteiger partial charge in [0.25, 0.3) is 0 Å². The molecular formula is C18H32N4O. The van der Waals surface area contributed by atoms with Gasteiger partial charge < -0.3 is 15.3 Å². The van der Waals surface area contributed by atoms with E-state index in [1.54, 1.807) is 12.4 Å². The van der Waals surface area contributed by atoms with Crippen molar-refractivity contribution in [1.29, 1.82) is 0 Å². The van der Waals surface area contributed by atoms with Crippen molar-refractivity contribution in [1.82, 2.24) is 19.8 Å². The summed E-state index contributed by atoms with van der Waals surface area (Å²) >= 11 is 0. The summed E-state index contributed by atoms with van der Waals surface area (Å²) in [4.78, 5) is 12.7. The lowest BCUT2D eigenvalue weighted by molar-refractivity contribution is 0.320. The van der Waals surface area contributed by atoms with Crippen molar-refractivity contribution in [2.45, 2.75) is 13.8 Å². The van der Waals surface area contributed by atoms with E-state index in [0.717, 1.165) is 24.5 Å². The molecule has 0 saturated carbocycles. The van der Waals surface area contributed by atoms with Crippen LogP contribution in [-0.4, -0.2) is 66.5 Å². The van der Waals surface area contributed by atoms with Gasteiger partial charge in [0.05, 0.1) is 11.4 Å². The van der Waals surface area contributed by atoms with Crippen molar-refractivity contribution in [2.24, 2.45) is 0 Å². The molecule has 2 aromatic rings. The first-order chi connectivity index (χ1) is 10.6. The monoisotopic (exact) mass is 320 g/mol. The third kappa shape index (κ3) is 12.4. The highest BCUT2D eigenvalue weighted by molar-refractivity contribution is 5.52. The second-order valence-electron chi connectivity index (χ2n) is 5.04. The first-order valence-electron chi connectivity index (χ1n) is 7.71. The molecule has 0 unspecified atom stereocenters. The number of hydrogen-bond acceptors (Lipinski definition) is 4. The molecule has 2 aromatic heterocycles. The van der Waals surface area contributed by atoms with Crippen LogP contribution in [0.15, 0.2) is 48.8 Å². The number of nitrogens with zero attached hydrogens (tertiary/aromatic N) is 4. The molecule has 0 aliphatic heterocycles. The predicted molar refractivity (Wildman–Crippen MR) is 99.5 cm³/mol. The normalized spacial score (nSPS) is 9.22. The molecule has 2 N–H and O–H groups in total. The van der Waals surface area contributed by atoms with Crippen LogP contribution < -0.4 is 0 Å². The molecule has 130 valence electrons. The minimum Gasteiger partial charge on any atom is -0.412 e. The van der Waals surface area contributed by atoms with E-state index in [1.807, 2.05) is 50.2 Å². The predicted octanol–water partition coefficient (Wildman–Crippen LogP) is 2.45. The summed E-state index contributed by atoms with van der Waals surface area (Å²) < 4.78 is 0. The second kappa shape index (κ2) is 15.1. The molecule has 23 heavy (non-hydrogen) atoms. The molecule has 2 heterocycles. The molecule has 0 atom stereocenters. The van der Waals surface area contributed by atoms with Gasteiger partial charge in [-0.1, -0.05) is 26.0 Å². The van der Waals surface area contributed by atoms with Gasteiger partial charge in [-0.15, -0.1) is 0 Å². The fraction of sp³-hybridized carbons (Fsp3) is 0.444. The first kappa shape index (κ1) is 23.4. The fourth-order valence-corrected chi connectivity index (χ4v) is 1.43. The minimum absolute atomic E-state index is 0. The van der Waals surface area contributed by atoms with Crippen LogP contribution in [0.25, 0.3) is 11.4 Å². The Bertz CT molecular complexity index is 415. The van der Waals surface area contributed by atoms with Crippen LogP contribution in [0, 0.1) is 0 Å². The molecule has 0 aliphatic rings. The van der Waals surface area contributed by atoms with Crippen LogP contribution in [0.2, 0.25) is 0 Å². The van der Waals surface area contributed by atoms with E-state index in [9.17, 15) is 0 Å². The fourth-order valence-electron chi connectivity index (χ4n) is 1.43. The topological polar surface area (TPSA) is 63.8 Å². The van der Waals surface area contributed by atoms with Gasteiger partial charge in [0.2, 0.25) is 0 Å². The van der Waals surface area contributed by atoms with Crippen LogP contribution in [-0.2, 0) is 0 Å². The van der Waals surface area contributed by atoms with Crippen LogP contribution in [0.5, 0.6) is 0 Å². The maximum Gasteiger partial charge on any atom is 0.0886 e.